The number of nitrogens with one attached hydrogen (secondary N) is 3. The van der Waals surface area contributed by atoms with Crippen molar-refractivity contribution >= 4 is 22.1 Å². The molecule has 3 N–H and O–H groups in total. The average molecular weight is 539 g/mol. The SMILES string of the molecule is COc1cccc(-c2cncc3[nH]c(-c4n[nH]c5ccc(-c6cncc(CNCc7ccccc7)c6)nc45)nc23)c1. The third-order valence-electron chi connectivity index (χ3n) is 7.00. The molecule has 41 heavy (non-hydrogen) atoms. The molecule has 7 aromatic rings. The Hall–Kier alpha value is -5.41. The minimum Gasteiger partial charge on any atom is -0.497 e. The summed E-state index contributed by atoms with van der Waals surface area (Å²) >= 11 is 0. The number of fused-ring (bicyclic) bond motifs is 2. The first kappa shape index (κ1) is 24.6. The highest BCUT2D eigenvalue weighted by atomic mass is 16.5. The second-order valence-electron chi connectivity index (χ2n) is 9.74. The lowest BCUT2D eigenvalue weighted by Gasteiger charge is -2.07. The number of hydrogen-bond donors (Lipinski definition) is 3. The predicted octanol–water partition coefficient (Wildman–Crippen LogP) is 5.92. The summed E-state index contributed by atoms with van der Waals surface area (Å²) in [5.41, 5.74) is 9.76. The Labute approximate surface area is 235 Å². The van der Waals surface area contributed by atoms with Crippen molar-refractivity contribution in [2.75, 3.05) is 7.11 Å². The van der Waals surface area contributed by atoms with Gasteiger partial charge in [0.05, 0.1) is 35.6 Å². The molecule has 9 heteroatoms. The van der Waals surface area contributed by atoms with Crippen LogP contribution in [-0.4, -0.2) is 42.2 Å². The fourth-order valence-electron chi connectivity index (χ4n) is 4.94. The molecule has 5 heterocycles. The zero-order valence-electron chi connectivity index (χ0n) is 22.3. The van der Waals surface area contributed by atoms with Gasteiger partial charge < -0.3 is 15.0 Å². The van der Waals surface area contributed by atoms with Crippen molar-refractivity contribution in [1.29, 1.82) is 0 Å². The van der Waals surface area contributed by atoms with Crippen LogP contribution in [0.3, 0.4) is 0 Å². The molecular weight excluding hydrogens is 512 g/mol. The summed E-state index contributed by atoms with van der Waals surface area (Å²) in [5.74, 6) is 1.39. The van der Waals surface area contributed by atoms with Gasteiger partial charge in [0, 0.05) is 42.8 Å². The Bertz CT molecular complexity index is 1980. The highest BCUT2D eigenvalue weighted by Crippen LogP contribution is 2.32. The van der Waals surface area contributed by atoms with E-state index >= 15 is 0 Å². The average Bonchev–Trinajstić information content (AvgIpc) is 3.65. The Balaban J connectivity index is 1.20. The van der Waals surface area contributed by atoms with Crippen LogP contribution in [0, 0.1) is 0 Å². The molecule has 0 radical (unpaired) electrons. The molecule has 9 nitrogen and oxygen atoms in total. The number of hydrogen-bond acceptors (Lipinski definition) is 7. The van der Waals surface area contributed by atoms with Crippen LogP contribution in [0.25, 0.3) is 56.0 Å². The summed E-state index contributed by atoms with van der Waals surface area (Å²) < 4.78 is 5.41. The van der Waals surface area contributed by atoms with E-state index in [1.54, 1.807) is 13.3 Å². The van der Waals surface area contributed by atoms with Crippen molar-refractivity contribution in [2.24, 2.45) is 0 Å². The third kappa shape index (κ3) is 4.90. The molecule has 0 fully saturated rings. The molecule has 0 atom stereocenters. The van der Waals surface area contributed by atoms with Gasteiger partial charge in [0.15, 0.2) is 11.5 Å². The molecule has 0 bridgehead atoms. The number of benzene rings is 2. The monoisotopic (exact) mass is 538 g/mol. The first-order valence-electron chi connectivity index (χ1n) is 13.3. The zero-order valence-corrected chi connectivity index (χ0v) is 22.3. The largest absolute Gasteiger partial charge is 0.497 e. The lowest BCUT2D eigenvalue weighted by atomic mass is 10.1. The number of aromatic amines is 2. The fraction of sp³-hybridized carbons (Fsp3) is 0.0938. The van der Waals surface area contributed by atoms with Crippen LogP contribution in [-0.2, 0) is 13.1 Å². The van der Waals surface area contributed by atoms with Gasteiger partial charge in [-0.05, 0) is 47.0 Å². The highest BCUT2D eigenvalue weighted by molar-refractivity contribution is 5.95. The van der Waals surface area contributed by atoms with Crippen LogP contribution in [0.5, 0.6) is 5.75 Å². The number of methoxy groups -OCH3 is 1. The quantitative estimate of drug-likeness (QED) is 0.220. The van der Waals surface area contributed by atoms with Gasteiger partial charge in [0.2, 0.25) is 0 Å². The van der Waals surface area contributed by atoms with E-state index in [2.05, 4.69) is 48.7 Å². The molecule has 2 aromatic carbocycles. The Morgan fingerprint density at radius 2 is 1.61 bits per heavy atom. The standard InChI is InChI=1S/C32H26N8O/c1-41-24-9-5-8-22(13-24)25-18-35-19-28-29(25)38-32(37-28)31-30-27(39-40-31)11-10-26(36-30)23-12-21(16-34-17-23)15-33-14-20-6-3-2-4-7-20/h2-13,16-19,33H,14-15H2,1H3,(H,37,38)(H,39,40). The smallest absolute Gasteiger partial charge is 0.161 e. The van der Waals surface area contributed by atoms with Crippen LogP contribution in [0.1, 0.15) is 11.1 Å². The fourth-order valence-corrected chi connectivity index (χ4v) is 4.94. The molecular formula is C32H26N8O. The van der Waals surface area contributed by atoms with Crippen molar-refractivity contribution in [3.05, 3.63) is 109 Å². The molecule has 0 aliphatic heterocycles. The Morgan fingerprint density at radius 3 is 2.51 bits per heavy atom. The van der Waals surface area contributed by atoms with Crippen LogP contribution < -0.4 is 10.1 Å². The van der Waals surface area contributed by atoms with Gasteiger partial charge in [-0.25, -0.2) is 9.97 Å². The van der Waals surface area contributed by atoms with Gasteiger partial charge in [0.1, 0.15) is 11.3 Å². The summed E-state index contributed by atoms with van der Waals surface area (Å²) in [6.07, 6.45) is 7.30. The number of aromatic nitrogens is 7. The third-order valence-corrected chi connectivity index (χ3v) is 7.00. The molecule has 0 aliphatic carbocycles. The normalized spacial score (nSPS) is 11.3. The Kier molecular flexibility index (Phi) is 6.38. The maximum atomic E-state index is 5.41. The number of pyridine rings is 3. The lowest BCUT2D eigenvalue weighted by molar-refractivity contribution is 0.415. The zero-order chi connectivity index (χ0) is 27.6. The molecule has 0 saturated carbocycles. The predicted molar refractivity (Wildman–Crippen MR) is 159 cm³/mol. The van der Waals surface area contributed by atoms with E-state index in [1.807, 2.05) is 73.2 Å². The molecule has 5 aromatic heterocycles. The molecule has 200 valence electrons. The van der Waals surface area contributed by atoms with Gasteiger partial charge in [0.25, 0.3) is 0 Å². The van der Waals surface area contributed by atoms with E-state index in [0.29, 0.717) is 18.1 Å². The summed E-state index contributed by atoms with van der Waals surface area (Å²) in [6, 6.07) is 24.3. The van der Waals surface area contributed by atoms with Gasteiger partial charge in [-0.2, -0.15) is 5.10 Å². The van der Waals surface area contributed by atoms with E-state index in [-0.39, 0.29) is 0 Å². The van der Waals surface area contributed by atoms with E-state index < -0.39 is 0 Å². The van der Waals surface area contributed by atoms with Crippen molar-refractivity contribution in [3.8, 4) is 39.7 Å². The topological polar surface area (TPSA) is 117 Å². The second-order valence-corrected chi connectivity index (χ2v) is 9.74. The molecule has 0 aliphatic rings. The summed E-state index contributed by atoms with van der Waals surface area (Å²) in [6.45, 7) is 1.50. The van der Waals surface area contributed by atoms with Crippen LogP contribution >= 0.6 is 0 Å². The number of ether oxygens (including phenoxy) is 1. The second kappa shape index (κ2) is 10.6. The summed E-state index contributed by atoms with van der Waals surface area (Å²) in [4.78, 5) is 22.2. The number of rotatable bonds is 8. The molecule has 0 amide bonds. The minimum atomic E-state index is 0.616. The maximum Gasteiger partial charge on any atom is 0.161 e. The van der Waals surface area contributed by atoms with E-state index in [0.717, 1.165) is 62.3 Å². The first-order chi connectivity index (χ1) is 20.2. The van der Waals surface area contributed by atoms with Gasteiger partial charge in [-0.15, -0.1) is 0 Å². The van der Waals surface area contributed by atoms with Crippen molar-refractivity contribution in [3.63, 3.8) is 0 Å². The van der Waals surface area contributed by atoms with Crippen molar-refractivity contribution in [1.82, 2.24) is 40.4 Å². The van der Waals surface area contributed by atoms with Gasteiger partial charge in [-0.1, -0.05) is 42.5 Å². The van der Waals surface area contributed by atoms with E-state index in [1.165, 1.54) is 5.56 Å². The summed E-state index contributed by atoms with van der Waals surface area (Å²) in [5, 5.41) is 11.1. The number of imidazole rings is 1. The van der Waals surface area contributed by atoms with Crippen molar-refractivity contribution in [2.45, 2.75) is 13.1 Å². The Morgan fingerprint density at radius 1 is 0.732 bits per heavy atom. The lowest BCUT2D eigenvalue weighted by Crippen LogP contribution is -2.12. The van der Waals surface area contributed by atoms with Crippen LogP contribution in [0.2, 0.25) is 0 Å². The van der Waals surface area contributed by atoms with E-state index in [4.69, 9.17) is 14.7 Å². The first-order valence-corrected chi connectivity index (χ1v) is 13.3. The number of nitrogens with zero attached hydrogens (tertiary/aromatic N) is 5. The molecule has 0 saturated heterocycles. The molecule has 0 unspecified atom stereocenters. The van der Waals surface area contributed by atoms with Gasteiger partial charge in [-0.3, -0.25) is 15.1 Å². The van der Waals surface area contributed by atoms with Crippen LogP contribution in [0.15, 0.2) is 97.6 Å². The highest BCUT2D eigenvalue weighted by Gasteiger charge is 2.17. The maximum absolute atomic E-state index is 5.41. The summed E-state index contributed by atoms with van der Waals surface area (Å²) in [7, 11) is 1.66. The van der Waals surface area contributed by atoms with E-state index in [9.17, 15) is 0 Å². The number of H-pyrrole nitrogens is 2. The molecule has 0 spiro atoms. The minimum absolute atomic E-state index is 0.616. The van der Waals surface area contributed by atoms with Gasteiger partial charge >= 0.3 is 0 Å². The van der Waals surface area contributed by atoms with Crippen molar-refractivity contribution < 1.29 is 4.74 Å². The van der Waals surface area contributed by atoms with Crippen LogP contribution in [0.4, 0.5) is 0 Å². The molecule has 7 rings (SSSR count).